The number of aromatic nitrogens is 5. The first-order chi connectivity index (χ1) is 17.3. The predicted octanol–water partition coefficient (Wildman–Crippen LogP) is 3.24. The number of hydrogen-bond donors (Lipinski definition) is 1. The third-order valence-corrected chi connectivity index (χ3v) is 7.71. The van der Waals surface area contributed by atoms with E-state index in [0.29, 0.717) is 28.8 Å². The van der Waals surface area contributed by atoms with E-state index in [9.17, 15) is 13.7 Å². The van der Waals surface area contributed by atoms with E-state index in [4.69, 9.17) is 4.74 Å². The first kappa shape index (κ1) is 24.0. The molecule has 4 aromatic rings. The molecule has 3 aromatic heterocycles. The highest BCUT2D eigenvalue weighted by Gasteiger charge is 2.23. The first-order valence-electron chi connectivity index (χ1n) is 11.8. The Labute approximate surface area is 209 Å². The molecule has 10 nitrogen and oxygen atoms in total. The van der Waals surface area contributed by atoms with Gasteiger partial charge < -0.3 is 10.1 Å². The molecule has 1 atom stereocenters. The summed E-state index contributed by atoms with van der Waals surface area (Å²) >= 11 is 0. The number of hydrogen-bond acceptors (Lipinski definition) is 8. The molecular weight excluding hydrogens is 478 g/mol. The summed E-state index contributed by atoms with van der Waals surface area (Å²) < 4.78 is 34.0. The monoisotopic (exact) mass is 505 g/mol. The average molecular weight is 506 g/mol. The van der Waals surface area contributed by atoms with Gasteiger partial charge in [0.1, 0.15) is 29.2 Å². The van der Waals surface area contributed by atoms with Crippen molar-refractivity contribution < 1.29 is 13.2 Å². The molecule has 11 heteroatoms. The van der Waals surface area contributed by atoms with Gasteiger partial charge in [0.05, 0.1) is 22.8 Å². The molecule has 1 fully saturated rings. The molecule has 0 spiro atoms. The zero-order chi connectivity index (χ0) is 25.4. The predicted molar refractivity (Wildman–Crippen MR) is 133 cm³/mol. The van der Waals surface area contributed by atoms with E-state index in [1.54, 1.807) is 22.6 Å². The Morgan fingerprint density at radius 1 is 1.22 bits per heavy atom. The van der Waals surface area contributed by atoms with Gasteiger partial charge in [0.2, 0.25) is 5.88 Å². The van der Waals surface area contributed by atoms with Crippen molar-refractivity contribution in [2.24, 2.45) is 0 Å². The zero-order valence-corrected chi connectivity index (χ0v) is 21.2. The van der Waals surface area contributed by atoms with E-state index < -0.39 is 15.9 Å². The molecule has 186 valence electrons. The van der Waals surface area contributed by atoms with E-state index in [2.05, 4.69) is 26.7 Å². The van der Waals surface area contributed by atoms with Crippen molar-refractivity contribution >= 4 is 15.5 Å². The zero-order valence-electron chi connectivity index (χ0n) is 20.3. The molecule has 1 aliphatic rings. The van der Waals surface area contributed by atoms with Crippen LogP contribution in [0.3, 0.4) is 0 Å². The maximum atomic E-state index is 12.0. The Balaban J connectivity index is 1.55. The third-order valence-electron chi connectivity index (χ3n) is 6.60. The van der Waals surface area contributed by atoms with Crippen LogP contribution in [0.1, 0.15) is 48.9 Å². The van der Waals surface area contributed by atoms with Crippen LogP contribution in [-0.4, -0.2) is 52.1 Å². The number of piperidine rings is 1. The lowest BCUT2D eigenvalue weighted by atomic mass is 10.1. The number of rotatable bonds is 6. The summed E-state index contributed by atoms with van der Waals surface area (Å²) in [7, 11) is -3.36. The summed E-state index contributed by atoms with van der Waals surface area (Å²) in [6.45, 7) is 5.74. The van der Waals surface area contributed by atoms with E-state index in [1.165, 1.54) is 12.5 Å². The molecule has 5 rings (SSSR count). The first-order valence-corrected chi connectivity index (χ1v) is 13.7. The van der Waals surface area contributed by atoms with Gasteiger partial charge in [-0.2, -0.15) is 5.26 Å². The number of fused-ring (bicyclic) bond motifs is 1. The van der Waals surface area contributed by atoms with Gasteiger partial charge in [-0.15, -0.1) is 5.10 Å². The largest absolute Gasteiger partial charge is 0.471 e. The fourth-order valence-corrected chi connectivity index (χ4v) is 5.31. The number of nitrogens with zero attached hydrogens (tertiary/aromatic N) is 6. The van der Waals surface area contributed by atoms with Crippen LogP contribution in [0.4, 0.5) is 0 Å². The lowest BCUT2D eigenvalue weighted by Crippen LogP contribution is -2.30. The van der Waals surface area contributed by atoms with E-state index in [1.807, 2.05) is 36.7 Å². The van der Waals surface area contributed by atoms with Gasteiger partial charge in [0, 0.05) is 17.9 Å². The fourth-order valence-electron chi connectivity index (χ4n) is 4.63. The molecular formula is C25H27N7O3S. The second-order valence-corrected chi connectivity index (χ2v) is 11.1. The van der Waals surface area contributed by atoms with Crippen LogP contribution >= 0.6 is 0 Å². The minimum Gasteiger partial charge on any atom is -0.471 e. The summed E-state index contributed by atoms with van der Waals surface area (Å²) in [5.41, 5.74) is 4.04. The molecule has 36 heavy (non-hydrogen) atoms. The van der Waals surface area contributed by atoms with E-state index in [-0.39, 0.29) is 4.90 Å². The maximum Gasteiger partial charge on any atom is 0.201 e. The minimum absolute atomic E-state index is 0.222. The molecule has 1 aliphatic heterocycles. The fraction of sp³-hybridized carbons (Fsp3) is 0.360. The van der Waals surface area contributed by atoms with Crippen molar-refractivity contribution in [2.75, 3.05) is 19.3 Å². The highest BCUT2D eigenvalue weighted by Crippen LogP contribution is 2.32. The van der Waals surface area contributed by atoms with Crippen LogP contribution in [-0.2, 0) is 9.84 Å². The van der Waals surface area contributed by atoms with Crippen molar-refractivity contribution in [2.45, 2.75) is 43.7 Å². The number of nitrogens with one attached hydrogen (secondary N) is 1. The maximum absolute atomic E-state index is 12.0. The van der Waals surface area contributed by atoms with Gasteiger partial charge in [-0.1, -0.05) is 17.3 Å². The highest BCUT2D eigenvalue weighted by molar-refractivity contribution is 7.90. The van der Waals surface area contributed by atoms with Gasteiger partial charge in [-0.3, -0.25) is 4.40 Å². The molecule has 1 N–H and O–H groups in total. The molecule has 4 heterocycles. The van der Waals surface area contributed by atoms with Crippen LogP contribution < -0.4 is 10.1 Å². The molecule has 1 unspecified atom stereocenters. The van der Waals surface area contributed by atoms with Crippen molar-refractivity contribution in [1.29, 1.82) is 5.26 Å². The van der Waals surface area contributed by atoms with Crippen LogP contribution in [0.5, 0.6) is 5.88 Å². The van der Waals surface area contributed by atoms with Gasteiger partial charge in [0.25, 0.3) is 0 Å². The standard InChI is InChI=1S/C25H27N7O3S/c1-16-25(29-30-32(16)20-7-9-27-10-8-20)19-12-23-28-15-21(14-26)31(23)24(13-19)35-17(2)18-5-4-6-22(11-18)36(3,33)34/h4-6,11-13,15,17,20,27H,7-10H2,1-3H3. The number of imidazole rings is 1. The topological polar surface area (TPSA) is 127 Å². The summed E-state index contributed by atoms with van der Waals surface area (Å²) in [5, 5.41) is 21.9. The summed E-state index contributed by atoms with van der Waals surface area (Å²) in [4.78, 5) is 4.63. The molecule has 0 radical (unpaired) electrons. The Morgan fingerprint density at radius 3 is 2.72 bits per heavy atom. The van der Waals surface area contributed by atoms with Crippen LogP contribution in [0, 0.1) is 18.3 Å². The quantitative estimate of drug-likeness (QED) is 0.423. The van der Waals surface area contributed by atoms with E-state index >= 15 is 0 Å². The van der Waals surface area contributed by atoms with Gasteiger partial charge in [0.15, 0.2) is 9.84 Å². The summed E-state index contributed by atoms with van der Waals surface area (Å²) in [5.74, 6) is 0.407. The SMILES string of the molecule is Cc1c(-c2cc(OC(C)c3cccc(S(C)(=O)=O)c3)n3c(C#N)cnc3c2)nnn1C1CCNCC1. The van der Waals surface area contributed by atoms with Gasteiger partial charge in [-0.25, -0.2) is 18.1 Å². The van der Waals surface area contributed by atoms with Crippen molar-refractivity contribution in [1.82, 2.24) is 29.7 Å². The molecule has 0 bridgehead atoms. The highest BCUT2D eigenvalue weighted by atomic mass is 32.2. The van der Waals surface area contributed by atoms with E-state index in [0.717, 1.165) is 42.9 Å². The second kappa shape index (κ2) is 9.37. The minimum atomic E-state index is -3.36. The number of benzene rings is 1. The second-order valence-electron chi connectivity index (χ2n) is 9.09. The van der Waals surface area contributed by atoms with Gasteiger partial charge in [-0.05, 0) is 63.5 Å². The van der Waals surface area contributed by atoms with Crippen LogP contribution in [0.25, 0.3) is 16.9 Å². The average Bonchev–Trinajstić information content (AvgIpc) is 3.47. The Bertz CT molecular complexity index is 1580. The normalized spacial score (nSPS) is 15.6. The summed E-state index contributed by atoms with van der Waals surface area (Å²) in [6.07, 6.45) is 4.17. The van der Waals surface area contributed by atoms with Crippen LogP contribution in [0.2, 0.25) is 0 Å². The molecule has 0 saturated carbocycles. The van der Waals surface area contributed by atoms with Crippen molar-refractivity contribution in [3.8, 4) is 23.2 Å². The molecule has 1 saturated heterocycles. The summed E-state index contributed by atoms with van der Waals surface area (Å²) in [6, 6.07) is 12.8. The van der Waals surface area contributed by atoms with Crippen molar-refractivity contribution in [3.05, 3.63) is 59.5 Å². The van der Waals surface area contributed by atoms with Gasteiger partial charge >= 0.3 is 0 Å². The number of nitriles is 1. The number of sulfone groups is 1. The Hall–Kier alpha value is -3.75. The molecule has 0 amide bonds. The molecule has 0 aliphatic carbocycles. The lowest BCUT2D eigenvalue weighted by molar-refractivity contribution is 0.214. The lowest BCUT2D eigenvalue weighted by Gasteiger charge is -2.23. The Kier molecular flexibility index (Phi) is 6.24. The Morgan fingerprint density at radius 2 is 2.00 bits per heavy atom. The number of ether oxygens (including phenoxy) is 1. The smallest absolute Gasteiger partial charge is 0.201 e. The number of pyridine rings is 1. The van der Waals surface area contributed by atoms with Crippen LogP contribution in [0.15, 0.2) is 47.5 Å². The third kappa shape index (κ3) is 4.45. The molecule has 1 aromatic carbocycles. The van der Waals surface area contributed by atoms with Crippen molar-refractivity contribution in [3.63, 3.8) is 0 Å².